The fourth-order valence-electron chi connectivity index (χ4n) is 1.74. The molecule has 23 heavy (non-hydrogen) atoms. The fraction of sp³-hybridized carbons (Fsp3) is 0.500. The van der Waals surface area contributed by atoms with Gasteiger partial charge < -0.3 is 9.47 Å². The highest BCUT2D eigenvalue weighted by Gasteiger charge is 2.12. The summed E-state index contributed by atoms with van der Waals surface area (Å²) in [5, 5.41) is 4.11. The normalized spacial score (nSPS) is 10.0. The quantitative estimate of drug-likeness (QED) is 0.280. The van der Waals surface area contributed by atoms with E-state index in [9.17, 15) is 9.59 Å². The largest absolute Gasteiger partial charge is 0.543 e. The van der Waals surface area contributed by atoms with E-state index in [2.05, 4.69) is 21.7 Å². The molecule has 7 heteroatoms. The number of carbonyl (C=O) groups excluding carboxylic acids is 2. The third-order valence-electron chi connectivity index (χ3n) is 3.01. The van der Waals surface area contributed by atoms with Crippen LogP contribution in [0.2, 0.25) is 0 Å². The first-order valence-electron chi connectivity index (χ1n) is 7.53. The van der Waals surface area contributed by atoms with Crippen molar-refractivity contribution in [3.63, 3.8) is 0 Å². The molecule has 1 aromatic rings. The average molecular weight is 326 g/mol. The number of carbonyl (C=O) groups is 2. The topological polar surface area (TPSA) is 80.3 Å². The van der Waals surface area contributed by atoms with E-state index in [0.717, 1.165) is 32.1 Å². The third-order valence-corrected chi connectivity index (χ3v) is 3.01. The lowest BCUT2D eigenvalue weighted by atomic mass is 10.2. The Kier molecular flexibility index (Phi) is 9.23. The molecule has 0 radical (unpaired) electrons. The summed E-state index contributed by atoms with van der Waals surface area (Å²) < 4.78 is 9.71. The first kappa shape index (κ1) is 18.8. The van der Waals surface area contributed by atoms with E-state index in [4.69, 9.17) is 9.47 Å². The Morgan fingerprint density at radius 1 is 0.957 bits per heavy atom. The minimum Gasteiger partial charge on any atom is -0.497 e. The summed E-state index contributed by atoms with van der Waals surface area (Å²) >= 11 is 0. The minimum atomic E-state index is -1.05. The van der Waals surface area contributed by atoms with Crippen molar-refractivity contribution in [2.45, 2.75) is 39.0 Å². The lowest BCUT2D eigenvalue weighted by Crippen LogP contribution is -2.12. The third kappa shape index (κ3) is 8.06. The maximum absolute atomic E-state index is 11.6. The van der Waals surface area contributed by atoms with Gasteiger partial charge in [0, 0.05) is 0 Å². The van der Waals surface area contributed by atoms with E-state index in [1.807, 2.05) is 0 Å². The maximum Gasteiger partial charge on any atom is 0.543 e. The second kappa shape index (κ2) is 11.3. The summed E-state index contributed by atoms with van der Waals surface area (Å²) in [4.78, 5) is 31.2. The van der Waals surface area contributed by atoms with E-state index in [0.29, 0.717) is 5.75 Å². The average Bonchev–Trinajstić information content (AvgIpc) is 2.58. The summed E-state index contributed by atoms with van der Waals surface area (Å²) in [6.07, 6.45) is 4.09. The number of benzene rings is 1. The van der Waals surface area contributed by atoms with Gasteiger partial charge in [-0.15, -0.1) is 0 Å². The number of rotatable bonds is 10. The van der Waals surface area contributed by atoms with Gasteiger partial charge >= 0.3 is 12.1 Å². The smallest absolute Gasteiger partial charge is 0.497 e. The summed E-state index contributed by atoms with van der Waals surface area (Å²) in [5.74, 6) is -0.207. The van der Waals surface area contributed by atoms with Crippen molar-refractivity contribution >= 4 is 12.1 Å². The van der Waals surface area contributed by atoms with Crippen molar-refractivity contribution in [2.24, 2.45) is 0 Å². The summed E-state index contributed by atoms with van der Waals surface area (Å²) in [6, 6.07) is 6.15. The molecule has 0 N–H and O–H groups in total. The molecule has 0 heterocycles. The predicted molar refractivity (Wildman–Crippen MR) is 80.7 cm³/mol. The van der Waals surface area contributed by atoms with E-state index in [-0.39, 0.29) is 12.2 Å². The highest BCUT2D eigenvalue weighted by molar-refractivity contribution is 5.89. The molecule has 0 atom stereocenters. The molecule has 0 amide bonds. The van der Waals surface area contributed by atoms with Gasteiger partial charge in [0.1, 0.15) is 5.75 Å². The minimum absolute atomic E-state index is 0.221. The van der Waals surface area contributed by atoms with Gasteiger partial charge in [0.25, 0.3) is 0 Å². The molecule has 7 nitrogen and oxygen atoms in total. The number of unbranched alkanes of at least 4 members (excludes halogenated alkanes) is 4. The van der Waals surface area contributed by atoms with Crippen molar-refractivity contribution in [1.82, 2.24) is 0 Å². The molecular weight excluding hydrogens is 304 g/mol. The zero-order chi connectivity index (χ0) is 16.9. The molecule has 0 aliphatic carbocycles. The van der Waals surface area contributed by atoms with Gasteiger partial charge in [0.2, 0.25) is 0 Å². The van der Waals surface area contributed by atoms with Crippen LogP contribution in [0.15, 0.2) is 24.3 Å². The number of hydrogen-bond acceptors (Lipinski definition) is 7. The second-order valence-electron chi connectivity index (χ2n) is 4.76. The van der Waals surface area contributed by atoms with Crippen molar-refractivity contribution in [2.75, 3.05) is 13.7 Å². The summed E-state index contributed by atoms with van der Waals surface area (Å²) in [7, 11) is 1.51. The molecule has 0 aromatic heterocycles. The molecule has 0 saturated carbocycles. The van der Waals surface area contributed by atoms with E-state index in [1.165, 1.54) is 19.2 Å². The molecule has 0 fully saturated rings. The van der Waals surface area contributed by atoms with Crippen LogP contribution in [0.3, 0.4) is 0 Å². The van der Waals surface area contributed by atoms with Gasteiger partial charge in [-0.2, -0.15) is 0 Å². The van der Waals surface area contributed by atoms with E-state index >= 15 is 0 Å². The molecule has 1 rings (SSSR count). The van der Waals surface area contributed by atoms with Gasteiger partial charge in [0.15, 0.2) is 0 Å². The molecule has 128 valence electrons. The number of hydrogen-bond donors (Lipinski definition) is 0. The van der Waals surface area contributed by atoms with Crippen molar-refractivity contribution in [3.05, 3.63) is 29.8 Å². The Hall–Kier alpha value is -2.28. The Bertz CT molecular complexity index is 470. The highest BCUT2D eigenvalue weighted by atomic mass is 17.5. The Morgan fingerprint density at radius 2 is 1.65 bits per heavy atom. The molecule has 0 aliphatic rings. The molecule has 0 unspecified atom stereocenters. The first-order valence-corrected chi connectivity index (χ1v) is 7.53. The standard InChI is InChI=1S/C16H22O7/c1-3-4-5-6-7-12-20-16(18)22-23-21-15(17)13-8-10-14(19-2)11-9-13/h8-11H,3-7,12H2,1-2H3. The lowest BCUT2D eigenvalue weighted by molar-refractivity contribution is -0.452. The van der Waals surface area contributed by atoms with Crippen molar-refractivity contribution in [1.29, 1.82) is 0 Å². The van der Waals surface area contributed by atoms with Crippen LogP contribution in [0.5, 0.6) is 5.75 Å². The van der Waals surface area contributed by atoms with Crippen molar-refractivity contribution in [3.8, 4) is 5.75 Å². The first-order chi connectivity index (χ1) is 11.2. The molecule has 1 aromatic carbocycles. The van der Waals surface area contributed by atoms with Crippen LogP contribution in [-0.4, -0.2) is 25.8 Å². The Morgan fingerprint density at radius 3 is 2.30 bits per heavy atom. The van der Waals surface area contributed by atoms with Crippen LogP contribution in [0.4, 0.5) is 4.79 Å². The zero-order valence-corrected chi connectivity index (χ0v) is 13.4. The van der Waals surface area contributed by atoms with Gasteiger partial charge in [0.05, 0.1) is 24.3 Å². The monoisotopic (exact) mass is 326 g/mol. The Balaban J connectivity index is 2.12. The molecular formula is C16H22O7. The van der Waals surface area contributed by atoms with Crippen LogP contribution in [-0.2, 0) is 19.6 Å². The Labute approximate surface area is 135 Å². The highest BCUT2D eigenvalue weighted by Crippen LogP contribution is 2.12. The van der Waals surface area contributed by atoms with Crippen molar-refractivity contribution < 1.29 is 33.9 Å². The predicted octanol–water partition coefficient (Wildman–Crippen LogP) is 3.82. The van der Waals surface area contributed by atoms with Gasteiger partial charge in [-0.1, -0.05) is 32.6 Å². The van der Waals surface area contributed by atoms with Crippen LogP contribution in [0.25, 0.3) is 0 Å². The summed E-state index contributed by atoms with van der Waals surface area (Å²) in [5.41, 5.74) is 0.221. The van der Waals surface area contributed by atoms with Gasteiger partial charge in [-0.25, -0.2) is 14.5 Å². The number of ether oxygens (including phenoxy) is 2. The van der Waals surface area contributed by atoms with Gasteiger partial charge in [-0.3, -0.25) is 4.89 Å². The van der Waals surface area contributed by atoms with Crippen LogP contribution in [0.1, 0.15) is 49.4 Å². The lowest BCUT2D eigenvalue weighted by Gasteiger charge is -2.04. The van der Waals surface area contributed by atoms with Crippen LogP contribution >= 0.6 is 0 Å². The molecule has 0 bridgehead atoms. The maximum atomic E-state index is 11.6. The summed E-state index contributed by atoms with van der Waals surface area (Å²) in [6.45, 7) is 2.36. The van der Waals surface area contributed by atoms with Crippen LogP contribution in [0, 0.1) is 0 Å². The number of methoxy groups -OCH3 is 1. The second-order valence-corrected chi connectivity index (χ2v) is 4.76. The fourth-order valence-corrected chi connectivity index (χ4v) is 1.74. The van der Waals surface area contributed by atoms with Crippen LogP contribution < -0.4 is 4.74 Å². The van der Waals surface area contributed by atoms with E-state index < -0.39 is 12.1 Å². The molecule has 0 spiro atoms. The molecule has 0 aliphatic heterocycles. The molecule has 0 saturated heterocycles. The van der Waals surface area contributed by atoms with Gasteiger partial charge in [-0.05, 0) is 30.7 Å². The SMILES string of the molecule is CCCCCCCOC(=O)OOOC(=O)c1ccc(OC)cc1. The zero-order valence-electron chi connectivity index (χ0n) is 13.4. The van der Waals surface area contributed by atoms with E-state index in [1.54, 1.807) is 12.1 Å².